The van der Waals surface area contributed by atoms with Crippen LogP contribution in [0.15, 0.2) is 0 Å². The van der Waals surface area contributed by atoms with Crippen molar-refractivity contribution < 1.29 is 0 Å². The molecule has 0 bridgehead atoms. The number of nitrogens with zero attached hydrogens (tertiary/aromatic N) is 1. The molecular weight excluding hydrogens is 118 g/mol. The second kappa shape index (κ2) is 3.36. The normalized spacial score (nSPS) is 23.6. The molecule has 48 valence electrons. The van der Waals surface area contributed by atoms with Crippen LogP contribution in [0, 0.1) is 0 Å². The van der Waals surface area contributed by atoms with Crippen LogP contribution in [0.2, 0.25) is 0 Å². The minimum Gasteiger partial charge on any atom is -0.251 e. The van der Waals surface area contributed by atoms with Crippen LogP contribution in [-0.2, 0) is 0 Å². The second-order valence-corrected chi connectivity index (χ2v) is 3.24. The highest BCUT2D eigenvalue weighted by Crippen LogP contribution is 2.17. The molecule has 0 aromatic carbocycles. The van der Waals surface area contributed by atoms with Crippen molar-refractivity contribution in [3.63, 3.8) is 0 Å². The molecule has 0 atom stereocenters. The van der Waals surface area contributed by atoms with Crippen LogP contribution in [0.1, 0.15) is 19.8 Å². The molecule has 1 rings (SSSR count). The topological polar surface area (TPSA) is 3.24 Å². The summed E-state index contributed by atoms with van der Waals surface area (Å²) in [5.74, 6) is 1.34. The Hall–Kier alpha value is 0.310. The van der Waals surface area contributed by atoms with Crippen molar-refractivity contribution >= 4 is 11.9 Å². The van der Waals surface area contributed by atoms with Crippen molar-refractivity contribution in [1.29, 1.82) is 0 Å². The standard InChI is InChI=1S/C6H13NS/c1-2-7-5-3-4-6-8-7/h2-6H2,1H3. The van der Waals surface area contributed by atoms with Crippen LogP contribution < -0.4 is 0 Å². The molecule has 0 spiro atoms. The first kappa shape index (κ1) is 6.43. The molecule has 1 aliphatic rings. The Balaban J connectivity index is 2.13. The minimum absolute atomic E-state index is 1.21. The molecule has 0 aromatic heterocycles. The lowest BCUT2D eigenvalue weighted by Gasteiger charge is -2.22. The van der Waals surface area contributed by atoms with E-state index in [0.29, 0.717) is 0 Å². The molecule has 0 radical (unpaired) electrons. The molecule has 0 N–H and O–H groups in total. The summed E-state index contributed by atoms with van der Waals surface area (Å²) in [6.07, 6.45) is 2.82. The quantitative estimate of drug-likeness (QED) is 0.499. The summed E-state index contributed by atoms with van der Waals surface area (Å²) < 4.78 is 2.43. The first-order valence-corrected chi connectivity index (χ1v) is 4.25. The van der Waals surface area contributed by atoms with Crippen molar-refractivity contribution in [2.75, 3.05) is 18.8 Å². The molecule has 1 nitrogen and oxygen atoms in total. The zero-order chi connectivity index (χ0) is 5.82. The summed E-state index contributed by atoms with van der Waals surface area (Å²) in [6.45, 7) is 4.74. The van der Waals surface area contributed by atoms with E-state index in [0.717, 1.165) is 0 Å². The minimum atomic E-state index is 1.21. The van der Waals surface area contributed by atoms with Gasteiger partial charge in [-0.1, -0.05) is 18.9 Å². The molecule has 0 aromatic rings. The molecule has 8 heavy (non-hydrogen) atoms. The van der Waals surface area contributed by atoms with Crippen LogP contribution in [-0.4, -0.2) is 23.1 Å². The summed E-state index contributed by atoms with van der Waals surface area (Å²) in [4.78, 5) is 0. The summed E-state index contributed by atoms with van der Waals surface area (Å²) >= 11 is 2.00. The van der Waals surface area contributed by atoms with Gasteiger partial charge in [-0.3, -0.25) is 4.31 Å². The number of hydrogen-bond acceptors (Lipinski definition) is 2. The molecule has 1 fully saturated rings. The van der Waals surface area contributed by atoms with E-state index in [4.69, 9.17) is 0 Å². The first-order chi connectivity index (χ1) is 3.93. The van der Waals surface area contributed by atoms with Gasteiger partial charge in [0.15, 0.2) is 0 Å². The van der Waals surface area contributed by atoms with Crippen molar-refractivity contribution in [2.45, 2.75) is 19.8 Å². The SMILES string of the molecule is CCN1CCCCS1. The monoisotopic (exact) mass is 131 g/mol. The predicted octanol–water partition coefficient (Wildman–Crippen LogP) is 1.75. The number of hydrogen-bond donors (Lipinski definition) is 0. The third kappa shape index (κ3) is 1.67. The Bertz CT molecular complexity index is 59.5. The Morgan fingerprint density at radius 2 is 2.38 bits per heavy atom. The molecule has 1 saturated heterocycles. The molecule has 2 heteroatoms. The van der Waals surface area contributed by atoms with Crippen LogP contribution in [0.25, 0.3) is 0 Å². The lowest BCUT2D eigenvalue weighted by atomic mass is 10.3. The predicted molar refractivity (Wildman–Crippen MR) is 38.9 cm³/mol. The van der Waals surface area contributed by atoms with E-state index in [1.54, 1.807) is 0 Å². The molecule has 1 heterocycles. The van der Waals surface area contributed by atoms with E-state index in [2.05, 4.69) is 11.2 Å². The van der Waals surface area contributed by atoms with Gasteiger partial charge >= 0.3 is 0 Å². The molecule has 1 aliphatic heterocycles. The highest BCUT2D eigenvalue weighted by Gasteiger charge is 2.06. The smallest absolute Gasteiger partial charge is 0.00895 e. The molecule has 0 unspecified atom stereocenters. The van der Waals surface area contributed by atoms with Crippen LogP contribution >= 0.6 is 11.9 Å². The van der Waals surface area contributed by atoms with E-state index in [1.165, 1.54) is 31.7 Å². The molecular formula is C6H13NS. The van der Waals surface area contributed by atoms with Gasteiger partial charge in [-0.05, 0) is 12.8 Å². The van der Waals surface area contributed by atoms with Crippen molar-refractivity contribution in [2.24, 2.45) is 0 Å². The lowest BCUT2D eigenvalue weighted by molar-refractivity contribution is 0.462. The van der Waals surface area contributed by atoms with Gasteiger partial charge in [0.25, 0.3) is 0 Å². The maximum atomic E-state index is 2.43. The van der Waals surface area contributed by atoms with Gasteiger partial charge in [-0.15, -0.1) is 0 Å². The molecule has 0 amide bonds. The zero-order valence-electron chi connectivity index (χ0n) is 5.39. The van der Waals surface area contributed by atoms with Gasteiger partial charge in [-0.2, -0.15) is 0 Å². The fourth-order valence-corrected chi connectivity index (χ4v) is 1.93. The van der Waals surface area contributed by atoms with Gasteiger partial charge < -0.3 is 0 Å². The Kier molecular flexibility index (Phi) is 2.70. The average Bonchev–Trinajstić information content (AvgIpc) is 1.90. The molecule has 0 saturated carbocycles. The third-order valence-electron chi connectivity index (χ3n) is 1.43. The van der Waals surface area contributed by atoms with E-state index in [-0.39, 0.29) is 0 Å². The van der Waals surface area contributed by atoms with Gasteiger partial charge in [0.1, 0.15) is 0 Å². The maximum absolute atomic E-state index is 2.43. The number of rotatable bonds is 1. The Morgan fingerprint density at radius 1 is 1.50 bits per heavy atom. The summed E-state index contributed by atoms with van der Waals surface area (Å²) in [5.41, 5.74) is 0. The maximum Gasteiger partial charge on any atom is 0.00895 e. The Morgan fingerprint density at radius 3 is 2.75 bits per heavy atom. The average molecular weight is 131 g/mol. The summed E-state index contributed by atoms with van der Waals surface area (Å²) in [6, 6.07) is 0. The van der Waals surface area contributed by atoms with Gasteiger partial charge in [0.05, 0.1) is 0 Å². The first-order valence-electron chi connectivity index (χ1n) is 3.31. The van der Waals surface area contributed by atoms with Crippen LogP contribution in [0.5, 0.6) is 0 Å². The van der Waals surface area contributed by atoms with Gasteiger partial charge in [-0.25, -0.2) is 0 Å². The van der Waals surface area contributed by atoms with Crippen molar-refractivity contribution in [3.05, 3.63) is 0 Å². The fraction of sp³-hybridized carbons (Fsp3) is 1.00. The second-order valence-electron chi connectivity index (χ2n) is 2.06. The lowest BCUT2D eigenvalue weighted by Crippen LogP contribution is -2.20. The Labute approximate surface area is 55.6 Å². The van der Waals surface area contributed by atoms with Gasteiger partial charge in [0, 0.05) is 18.8 Å². The van der Waals surface area contributed by atoms with E-state index in [9.17, 15) is 0 Å². The summed E-state index contributed by atoms with van der Waals surface area (Å²) in [7, 11) is 0. The van der Waals surface area contributed by atoms with Gasteiger partial charge in [0.2, 0.25) is 0 Å². The van der Waals surface area contributed by atoms with E-state index in [1.807, 2.05) is 11.9 Å². The zero-order valence-corrected chi connectivity index (χ0v) is 6.21. The van der Waals surface area contributed by atoms with E-state index < -0.39 is 0 Å². The van der Waals surface area contributed by atoms with E-state index >= 15 is 0 Å². The fourth-order valence-electron chi connectivity index (χ4n) is 0.898. The van der Waals surface area contributed by atoms with Crippen molar-refractivity contribution in [1.82, 2.24) is 4.31 Å². The third-order valence-corrected chi connectivity index (χ3v) is 2.71. The van der Waals surface area contributed by atoms with Crippen molar-refractivity contribution in [3.8, 4) is 0 Å². The summed E-state index contributed by atoms with van der Waals surface area (Å²) in [5, 5.41) is 0. The highest BCUT2D eigenvalue weighted by atomic mass is 32.2. The highest BCUT2D eigenvalue weighted by molar-refractivity contribution is 7.97. The molecule has 0 aliphatic carbocycles. The van der Waals surface area contributed by atoms with Crippen LogP contribution in [0.4, 0.5) is 0 Å². The van der Waals surface area contributed by atoms with Crippen LogP contribution in [0.3, 0.4) is 0 Å². The largest absolute Gasteiger partial charge is 0.251 e.